The summed E-state index contributed by atoms with van der Waals surface area (Å²) in [6.07, 6.45) is 5.88. The van der Waals surface area contributed by atoms with E-state index >= 15 is 0 Å². The van der Waals surface area contributed by atoms with E-state index in [1.165, 1.54) is 33.7 Å². The summed E-state index contributed by atoms with van der Waals surface area (Å²) in [5.41, 5.74) is 5.71. The van der Waals surface area contributed by atoms with Gasteiger partial charge in [0.15, 0.2) is 5.78 Å². The highest BCUT2D eigenvalue weighted by Gasteiger charge is 2.21. The van der Waals surface area contributed by atoms with Gasteiger partial charge in [0.25, 0.3) is 5.91 Å². The molecular weight excluding hydrogens is 484 g/mol. The van der Waals surface area contributed by atoms with E-state index in [0.29, 0.717) is 22.5 Å². The van der Waals surface area contributed by atoms with Gasteiger partial charge in [0.05, 0.1) is 0 Å². The molecule has 5 nitrogen and oxygen atoms in total. The van der Waals surface area contributed by atoms with Crippen LogP contribution in [0, 0.1) is 10.4 Å². The number of hydrogen-bond donors (Lipinski definition) is 2. The van der Waals surface area contributed by atoms with Crippen LogP contribution in [0.15, 0.2) is 84.9 Å². The minimum absolute atomic E-state index is 0.0389. The summed E-state index contributed by atoms with van der Waals surface area (Å²) in [5.74, 6) is -0.452. The van der Waals surface area contributed by atoms with E-state index in [0.717, 1.165) is 36.5 Å². The van der Waals surface area contributed by atoms with Crippen LogP contribution in [0.3, 0.4) is 0 Å². The number of hydrogen-bond acceptors (Lipinski definition) is 3. The number of Topliss-reactive ketones (excluding diaryl/α,β-unsaturated/α-hetero) is 1. The van der Waals surface area contributed by atoms with E-state index in [9.17, 15) is 14.4 Å². The molecule has 0 atom stereocenters. The van der Waals surface area contributed by atoms with Gasteiger partial charge in [-0.1, -0.05) is 48.5 Å². The maximum atomic E-state index is 13.6. The second-order valence-electron chi connectivity index (χ2n) is 10.1. The molecule has 5 heteroatoms. The predicted octanol–water partition coefficient (Wildman–Crippen LogP) is 4.89. The molecular formula is C34H28N2O3. The molecule has 39 heavy (non-hydrogen) atoms. The Labute approximate surface area is 226 Å². The van der Waals surface area contributed by atoms with Crippen LogP contribution in [-0.2, 0) is 17.6 Å². The number of ketones is 1. The largest absolute Gasteiger partial charge is 0.326 e. The Morgan fingerprint density at radius 3 is 2.28 bits per heavy atom. The average Bonchev–Trinajstić information content (AvgIpc) is 2.96. The fourth-order valence-electron chi connectivity index (χ4n) is 5.72. The standard InChI is InChI=1S/C34H28N2O3/c1-21(37)35-26-8-4-7-24(20-26)34(39)36-25-15-12-23(13-16-25)33(38)32-11-5-10-28-30-17-14-22-6-2-3-9-27(22)29(30)18-19-31(28)32/h2-4,6-9,12-16,18-20H,5,10-11,17H2,1H3,(H,35,37)(H,36,39). The summed E-state index contributed by atoms with van der Waals surface area (Å²) in [6.45, 7) is 1.42. The number of fused-ring (bicyclic) bond motifs is 4. The van der Waals surface area contributed by atoms with Crippen LogP contribution in [0.1, 0.15) is 51.6 Å². The highest BCUT2D eigenvalue weighted by atomic mass is 16.2. The fourth-order valence-corrected chi connectivity index (χ4v) is 5.72. The fraction of sp³-hybridized carbons (Fsp3) is 0.147. The molecule has 0 fully saturated rings. The molecule has 192 valence electrons. The van der Waals surface area contributed by atoms with Crippen molar-refractivity contribution in [3.63, 3.8) is 0 Å². The Kier molecular flexibility index (Phi) is 6.41. The summed E-state index contributed by atoms with van der Waals surface area (Å²) in [5, 5.41) is 10.4. The zero-order chi connectivity index (χ0) is 26.9. The van der Waals surface area contributed by atoms with Gasteiger partial charge in [0.1, 0.15) is 0 Å². The van der Waals surface area contributed by atoms with Gasteiger partial charge in [-0.25, -0.2) is 0 Å². The molecule has 2 aliphatic carbocycles. The van der Waals surface area contributed by atoms with E-state index in [2.05, 4.69) is 53.1 Å². The van der Waals surface area contributed by atoms with Gasteiger partial charge in [-0.2, -0.15) is 0 Å². The van der Waals surface area contributed by atoms with Crippen molar-refractivity contribution in [3.05, 3.63) is 128 Å². The van der Waals surface area contributed by atoms with Crippen LogP contribution in [0.5, 0.6) is 0 Å². The van der Waals surface area contributed by atoms with Crippen molar-refractivity contribution >= 4 is 40.6 Å². The Hall–Kier alpha value is -4.77. The lowest BCUT2D eigenvalue weighted by atomic mass is 9.84. The topological polar surface area (TPSA) is 75.3 Å². The van der Waals surface area contributed by atoms with Gasteiger partial charge in [-0.3, -0.25) is 14.4 Å². The highest BCUT2D eigenvalue weighted by molar-refractivity contribution is 6.24. The zero-order valence-electron chi connectivity index (χ0n) is 21.7. The Balaban J connectivity index is 1.28. The molecule has 4 aromatic rings. The number of rotatable bonds is 5. The minimum Gasteiger partial charge on any atom is -0.326 e. The summed E-state index contributed by atoms with van der Waals surface area (Å²) >= 11 is 0. The molecule has 0 saturated heterocycles. The van der Waals surface area contributed by atoms with Crippen molar-refractivity contribution in [3.8, 4) is 0 Å². The van der Waals surface area contributed by atoms with Crippen molar-refractivity contribution in [2.75, 3.05) is 10.6 Å². The van der Waals surface area contributed by atoms with E-state index < -0.39 is 0 Å². The average molecular weight is 513 g/mol. The van der Waals surface area contributed by atoms with Crippen LogP contribution < -0.4 is 21.1 Å². The van der Waals surface area contributed by atoms with Crippen LogP contribution in [0.25, 0.3) is 11.6 Å². The molecule has 2 aliphatic rings. The Bertz CT molecular complexity index is 1870. The number of carbonyl (C=O) groups is 3. The SMILES string of the molecule is CC(=O)Nc1cccc(C(=O)Nc2ccc(C(=O)C3=c4ccc5c(c4CCC3)CC=c3ccccc3=5)cc2)c1. The molecule has 0 radical (unpaired) electrons. The number of carbonyl (C=O) groups excluding carboxylic acids is 3. The van der Waals surface area contributed by atoms with E-state index in [1.54, 1.807) is 48.5 Å². The third kappa shape index (κ3) is 4.79. The first-order chi connectivity index (χ1) is 19.0. The molecule has 6 rings (SSSR count). The lowest BCUT2D eigenvalue weighted by molar-refractivity contribution is -0.114. The predicted molar refractivity (Wildman–Crippen MR) is 154 cm³/mol. The van der Waals surface area contributed by atoms with Crippen molar-refractivity contribution in [2.45, 2.75) is 32.6 Å². The third-order valence-electron chi connectivity index (χ3n) is 7.51. The number of anilines is 2. The van der Waals surface area contributed by atoms with Gasteiger partial charge in [0.2, 0.25) is 5.91 Å². The van der Waals surface area contributed by atoms with Crippen molar-refractivity contribution in [1.82, 2.24) is 0 Å². The third-order valence-corrected chi connectivity index (χ3v) is 7.51. The summed E-state index contributed by atoms with van der Waals surface area (Å²) in [7, 11) is 0. The zero-order valence-corrected chi connectivity index (χ0v) is 21.7. The van der Waals surface area contributed by atoms with E-state index in [-0.39, 0.29) is 17.6 Å². The van der Waals surface area contributed by atoms with E-state index in [1.807, 2.05) is 0 Å². The molecule has 4 aromatic carbocycles. The molecule has 0 saturated carbocycles. The lowest BCUT2D eigenvalue weighted by Crippen LogP contribution is -2.25. The first kappa shape index (κ1) is 24.6. The quantitative estimate of drug-likeness (QED) is 0.374. The lowest BCUT2D eigenvalue weighted by Gasteiger charge is -2.20. The number of amides is 2. The molecule has 0 unspecified atom stereocenters. The van der Waals surface area contributed by atoms with E-state index in [4.69, 9.17) is 0 Å². The van der Waals surface area contributed by atoms with Crippen LogP contribution in [0.4, 0.5) is 11.4 Å². The number of nitrogens with one attached hydrogen (secondary N) is 2. The minimum atomic E-state index is -0.292. The summed E-state index contributed by atoms with van der Waals surface area (Å²) in [4.78, 5) is 37.7. The van der Waals surface area contributed by atoms with Gasteiger partial charge < -0.3 is 10.6 Å². The molecule has 2 N–H and O–H groups in total. The second kappa shape index (κ2) is 10.2. The molecule has 0 aromatic heterocycles. The van der Waals surface area contributed by atoms with Gasteiger partial charge >= 0.3 is 0 Å². The maximum Gasteiger partial charge on any atom is 0.255 e. The number of benzene rings is 4. The Morgan fingerprint density at radius 2 is 1.46 bits per heavy atom. The van der Waals surface area contributed by atoms with Crippen molar-refractivity contribution in [1.29, 1.82) is 0 Å². The molecule has 0 aliphatic heterocycles. The monoisotopic (exact) mass is 512 g/mol. The molecule has 0 spiro atoms. The normalized spacial score (nSPS) is 13.3. The van der Waals surface area contributed by atoms with Crippen LogP contribution in [0.2, 0.25) is 0 Å². The first-order valence-corrected chi connectivity index (χ1v) is 13.3. The van der Waals surface area contributed by atoms with Gasteiger partial charge in [-0.05, 0) is 100 Å². The second-order valence-corrected chi connectivity index (χ2v) is 10.1. The highest BCUT2D eigenvalue weighted by Crippen LogP contribution is 2.24. The van der Waals surface area contributed by atoms with Gasteiger partial charge in [0, 0.05) is 35.0 Å². The smallest absolute Gasteiger partial charge is 0.255 e. The van der Waals surface area contributed by atoms with Crippen LogP contribution >= 0.6 is 0 Å². The first-order valence-electron chi connectivity index (χ1n) is 13.3. The van der Waals surface area contributed by atoms with Crippen LogP contribution in [-0.4, -0.2) is 17.6 Å². The molecule has 0 heterocycles. The summed E-state index contributed by atoms with van der Waals surface area (Å²) in [6, 6.07) is 26.6. The Morgan fingerprint density at radius 1 is 0.667 bits per heavy atom. The van der Waals surface area contributed by atoms with Crippen molar-refractivity contribution in [2.24, 2.45) is 0 Å². The van der Waals surface area contributed by atoms with Gasteiger partial charge in [-0.15, -0.1) is 0 Å². The summed E-state index contributed by atoms with van der Waals surface area (Å²) < 4.78 is 0. The molecule has 2 amide bonds. The molecule has 0 bridgehead atoms. The maximum absolute atomic E-state index is 13.6. The van der Waals surface area contributed by atoms with Crippen molar-refractivity contribution < 1.29 is 14.4 Å².